The molecule has 0 atom stereocenters. The highest BCUT2D eigenvalue weighted by molar-refractivity contribution is 9.10. The fourth-order valence-electron chi connectivity index (χ4n) is 3.37. The maximum Gasteiger partial charge on any atom is 0.350 e. The molecule has 0 unspecified atom stereocenters. The molecule has 2 aromatic heterocycles. The normalized spacial score (nSPS) is 13.7. The Balaban J connectivity index is 1.53. The number of benzene rings is 2. The van der Waals surface area contributed by atoms with Crippen LogP contribution in [0.15, 0.2) is 61.1 Å². The molecule has 0 fully saturated rings. The van der Waals surface area contributed by atoms with Crippen LogP contribution in [0, 0.1) is 0 Å². The van der Waals surface area contributed by atoms with Crippen LogP contribution in [0.5, 0.6) is 11.5 Å². The first-order chi connectivity index (χ1) is 14.5. The predicted octanol–water partition coefficient (Wildman–Crippen LogP) is 3.60. The van der Waals surface area contributed by atoms with E-state index in [1.54, 1.807) is 0 Å². The van der Waals surface area contributed by atoms with Gasteiger partial charge in [-0.2, -0.15) is 5.10 Å². The summed E-state index contributed by atoms with van der Waals surface area (Å²) < 4.78 is 12.3. The Morgan fingerprint density at radius 1 is 1.10 bits per heavy atom. The summed E-state index contributed by atoms with van der Waals surface area (Å²) in [6, 6.07) is 11.1. The van der Waals surface area contributed by atoms with Gasteiger partial charge in [-0.1, -0.05) is 28.1 Å². The third kappa shape index (κ3) is 3.13. The maximum atomic E-state index is 12.8. The van der Waals surface area contributed by atoms with E-state index in [9.17, 15) is 9.59 Å². The van der Waals surface area contributed by atoms with Crippen molar-refractivity contribution in [1.82, 2.24) is 14.6 Å². The summed E-state index contributed by atoms with van der Waals surface area (Å²) in [6.45, 7) is 2.04. The summed E-state index contributed by atoms with van der Waals surface area (Å²) in [6.07, 6.45) is 3.33. The number of allylic oxidation sites excluding steroid dienone is 1. The molecule has 4 aromatic rings. The van der Waals surface area contributed by atoms with Gasteiger partial charge in [0.2, 0.25) is 6.79 Å². The lowest BCUT2D eigenvalue weighted by Gasteiger charge is -2.00. The van der Waals surface area contributed by atoms with Gasteiger partial charge in [-0.15, -0.1) is 4.68 Å². The third-order valence-electron chi connectivity index (χ3n) is 4.76. The number of nitrogens with one attached hydrogen (secondary N) is 2. The summed E-state index contributed by atoms with van der Waals surface area (Å²) in [4.78, 5) is 31.1. The van der Waals surface area contributed by atoms with Gasteiger partial charge in [0.25, 0.3) is 0 Å². The van der Waals surface area contributed by atoms with Gasteiger partial charge in [0, 0.05) is 15.4 Å². The number of H-pyrrole nitrogens is 2. The minimum absolute atomic E-state index is 0.210. The molecule has 2 N–H and O–H groups in total. The van der Waals surface area contributed by atoms with E-state index in [2.05, 4.69) is 31.0 Å². The molecule has 0 saturated carbocycles. The number of aromatic nitrogens is 3. The maximum absolute atomic E-state index is 12.8. The van der Waals surface area contributed by atoms with Crippen LogP contribution in [-0.4, -0.2) is 27.7 Å². The van der Waals surface area contributed by atoms with E-state index in [4.69, 9.17) is 9.47 Å². The first kappa shape index (κ1) is 18.4. The van der Waals surface area contributed by atoms with Crippen LogP contribution in [-0.2, 0) is 0 Å². The highest BCUT2D eigenvalue weighted by Gasteiger charge is 2.14. The topological polar surface area (TPSA) is 101 Å². The fourth-order valence-corrected chi connectivity index (χ4v) is 3.73. The Morgan fingerprint density at radius 2 is 1.93 bits per heavy atom. The van der Waals surface area contributed by atoms with Crippen molar-refractivity contribution < 1.29 is 9.47 Å². The number of fused-ring (bicyclic) bond motifs is 4. The second-order valence-corrected chi connectivity index (χ2v) is 7.77. The molecule has 5 rings (SSSR count). The molecule has 0 radical (unpaired) electrons. The molecule has 150 valence electrons. The van der Waals surface area contributed by atoms with Gasteiger partial charge >= 0.3 is 11.2 Å². The first-order valence-corrected chi connectivity index (χ1v) is 9.87. The molecule has 0 amide bonds. The average Bonchev–Trinajstić information content (AvgIpc) is 3.32. The standard InChI is InChI=1S/C21H15BrN4O4/c1-11(6-12-2-5-16-17(7-12)30-10-29-16)9-23-26-20(27)19-18(25-21(26)28)14-8-13(22)3-4-15(14)24-19/h2-9,24H,10H2,1H3,(H,25,28)/b11-6?,23-9-. The smallest absolute Gasteiger partial charge is 0.350 e. The monoisotopic (exact) mass is 466 g/mol. The summed E-state index contributed by atoms with van der Waals surface area (Å²) in [5.41, 5.74) is 2.01. The molecule has 0 spiro atoms. The molecular weight excluding hydrogens is 452 g/mol. The number of aromatic amines is 2. The Morgan fingerprint density at radius 3 is 2.80 bits per heavy atom. The van der Waals surface area contributed by atoms with E-state index in [1.807, 2.05) is 49.4 Å². The lowest BCUT2D eigenvalue weighted by molar-refractivity contribution is 0.174. The second-order valence-electron chi connectivity index (χ2n) is 6.86. The molecule has 0 bridgehead atoms. The van der Waals surface area contributed by atoms with Crippen LogP contribution in [0.3, 0.4) is 0 Å². The summed E-state index contributed by atoms with van der Waals surface area (Å²) in [7, 11) is 0. The lowest BCUT2D eigenvalue weighted by atomic mass is 10.1. The SMILES string of the molecule is CC(=Cc1ccc2c(c1)OCO2)/C=N\n1c(=O)[nH]c2c([nH]c3ccc(Br)cc32)c1=O. The summed E-state index contributed by atoms with van der Waals surface area (Å²) in [5.74, 6) is 1.38. The van der Waals surface area contributed by atoms with Gasteiger partial charge < -0.3 is 19.4 Å². The van der Waals surface area contributed by atoms with Crippen molar-refractivity contribution in [3.8, 4) is 11.5 Å². The molecule has 1 aliphatic rings. The quantitative estimate of drug-likeness (QED) is 0.450. The van der Waals surface area contributed by atoms with Crippen LogP contribution >= 0.6 is 15.9 Å². The number of ether oxygens (including phenoxy) is 2. The molecule has 0 aliphatic carbocycles. The average molecular weight is 467 g/mol. The number of rotatable bonds is 3. The largest absolute Gasteiger partial charge is 0.454 e. The molecule has 9 heteroatoms. The molecule has 3 heterocycles. The molecule has 0 saturated heterocycles. The van der Waals surface area contributed by atoms with E-state index in [1.165, 1.54) is 6.21 Å². The van der Waals surface area contributed by atoms with E-state index < -0.39 is 11.2 Å². The van der Waals surface area contributed by atoms with Crippen LogP contribution in [0.1, 0.15) is 12.5 Å². The number of halogens is 1. The molecule has 1 aliphatic heterocycles. The van der Waals surface area contributed by atoms with Gasteiger partial charge in [-0.05, 0) is 48.4 Å². The van der Waals surface area contributed by atoms with Gasteiger partial charge in [0.15, 0.2) is 11.5 Å². The second kappa shape index (κ2) is 7.03. The highest BCUT2D eigenvalue weighted by Crippen LogP contribution is 2.33. The third-order valence-corrected chi connectivity index (χ3v) is 5.25. The van der Waals surface area contributed by atoms with Crippen molar-refractivity contribution in [2.75, 3.05) is 6.79 Å². The van der Waals surface area contributed by atoms with E-state index in [0.717, 1.165) is 31.2 Å². The van der Waals surface area contributed by atoms with Crippen LogP contribution < -0.4 is 20.7 Å². The number of hydrogen-bond donors (Lipinski definition) is 2. The van der Waals surface area contributed by atoms with Crippen molar-refractivity contribution in [2.24, 2.45) is 5.10 Å². The fraction of sp³-hybridized carbons (Fsp3) is 0.0952. The Labute approximate surface area is 177 Å². The highest BCUT2D eigenvalue weighted by atomic mass is 79.9. The van der Waals surface area contributed by atoms with Gasteiger partial charge in [0.05, 0.1) is 11.7 Å². The van der Waals surface area contributed by atoms with Crippen LogP contribution in [0.25, 0.3) is 28.0 Å². The van der Waals surface area contributed by atoms with E-state index in [0.29, 0.717) is 17.0 Å². The summed E-state index contributed by atoms with van der Waals surface area (Å²) in [5, 5.41) is 4.85. The van der Waals surface area contributed by atoms with Gasteiger partial charge in [-0.25, -0.2) is 4.79 Å². The zero-order valence-corrected chi connectivity index (χ0v) is 17.3. The molecule has 30 heavy (non-hydrogen) atoms. The van der Waals surface area contributed by atoms with Gasteiger partial charge in [0.1, 0.15) is 5.52 Å². The Bertz CT molecular complexity index is 1490. The predicted molar refractivity (Wildman–Crippen MR) is 118 cm³/mol. The minimum Gasteiger partial charge on any atom is -0.454 e. The molecular formula is C21H15BrN4O4. The zero-order chi connectivity index (χ0) is 20.8. The van der Waals surface area contributed by atoms with E-state index in [-0.39, 0.29) is 12.3 Å². The van der Waals surface area contributed by atoms with E-state index >= 15 is 0 Å². The van der Waals surface area contributed by atoms with Crippen LogP contribution in [0.4, 0.5) is 0 Å². The molecule has 8 nitrogen and oxygen atoms in total. The first-order valence-electron chi connectivity index (χ1n) is 9.08. The van der Waals surface area contributed by atoms with Crippen molar-refractivity contribution in [2.45, 2.75) is 6.92 Å². The minimum atomic E-state index is -0.611. The lowest BCUT2D eigenvalue weighted by Crippen LogP contribution is -2.32. The number of nitrogens with zero attached hydrogens (tertiary/aromatic N) is 2. The van der Waals surface area contributed by atoms with Crippen LogP contribution in [0.2, 0.25) is 0 Å². The van der Waals surface area contributed by atoms with Crippen molar-refractivity contribution >= 4 is 50.2 Å². The van der Waals surface area contributed by atoms with Crippen molar-refractivity contribution in [1.29, 1.82) is 0 Å². The zero-order valence-electron chi connectivity index (χ0n) is 15.7. The Kier molecular flexibility index (Phi) is 4.32. The van der Waals surface area contributed by atoms with Crippen molar-refractivity contribution in [3.63, 3.8) is 0 Å². The van der Waals surface area contributed by atoms with Gasteiger partial charge in [-0.3, -0.25) is 4.79 Å². The Hall–Kier alpha value is -3.59. The number of hydrogen-bond acceptors (Lipinski definition) is 5. The molecule has 2 aromatic carbocycles. The summed E-state index contributed by atoms with van der Waals surface area (Å²) >= 11 is 3.40. The van der Waals surface area contributed by atoms with Crippen molar-refractivity contribution in [3.05, 3.63) is 72.8 Å².